The second kappa shape index (κ2) is 8.61. The smallest absolute Gasteiger partial charge is 0.254 e. The van der Waals surface area contributed by atoms with Crippen molar-refractivity contribution in [2.45, 2.75) is 18.6 Å². The average Bonchev–Trinajstić information content (AvgIpc) is 2.69. The zero-order valence-electron chi connectivity index (χ0n) is 14.8. The fraction of sp³-hybridized carbons (Fsp3) is 0.227. The standard InChI is InChI=1S/C22H23NO3/c1-26-21(20-13-7-11-17-10-5-6-12-19(17)20)22(25)23-18(15-24)14-16-8-3-2-4-9-16/h2-13,18,21,24H,14-15H2,1H3,(H,23,25)/t18-,21?/m0/s1. The number of amides is 1. The fourth-order valence-electron chi connectivity index (χ4n) is 3.19. The number of methoxy groups -OCH3 is 1. The van der Waals surface area contributed by atoms with Crippen molar-refractivity contribution in [1.29, 1.82) is 0 Å². The lowest BCUT2D eigenvalue weighted by Gasteiger charge is -2.22. The van der Waals surface area contributed by atoms with E-state index in [1.165, 1.54) is 7.11 Å². The van der Waals surface area contributed by atoms with E-state index in [2.05, 4.69) is 5.32 Å². The minimum atomic E-state index is -0.731. The summed E-state index contributed by atoms with van der Waals surface area (Å²) < 4.78 is 5.51. The van der Waals surface area contributed by atoms with Gasteiger partial charge in [-0.2, -0.15) is 0 Å². The Bertz CT molecular complexity index is 858. The van der Waals surface area contributed by atoms with Crippen LogP contribution in [0.15, 0.2) is 72.8 Å². The first-order valence-corrected chi connectivity index (χ1v) is 8.68. The van der Waals surface area contributed by atoms with E-state index >= 15 is 0 Å². The summed E-state index contributed by atoms with van der Waals surface area (Å²) in [6.45, 7) is -0.132. The average molecular weight is 349 g/mol. The number of aliphatic hydroxyl groups excluding tert-OH is 1. The maximum Gasteiger partial charge on any atom is 0.254 e. The van der Waals surface area contributed by atoms with E-state index in [1.54, 1.807) is 0 Å². The highest BCUT2D eigenvalue weighted by molar-refractivity contribution is 5.92. The molecule has 3 aromatic carbocycles. The van der Waals surface area contributed by atoms with Crippen molar-refractivity contribution in [3.63, 3.8) is 0 Å². The van der Waals surface area contributed by atoms with Gasteiger partial charge in [0.05, 0.1) is 12.6 Å². The van der Waals surface area contributed by atoms with Gasteiger partial charge in [0, 0.05) is 7.11 Å². The number of hydrogen-bond donors (Lipinski definition) is 2. The van der Waals surface area contributed by atoms with Gasteiger partial charge >= 0.3 is 0 Å². The largest absolute Gasteiger partial charge is 0.394 e. The van der Waals surface area contributed by atoms with Gasteiger partial charge in [-0.05, 0) is 28.3 Å². The number of nitrogens with one attached hydrogen (secondary N) is 1. The van der Waals surface area contributed by atoms with Crippen LogP contribution in [-0.2, 0) is 16.0 Å². The molecule has 2 atom stereocenters. The van der Waals surface area contributed by atoms with Gasteiger partial charge in [-0.15, -0.1) is 0 Å². The first kappa shape index (κ1) is 18.1. The molecule has 0 aromatic heterocycles. The van der Waals surface area contributed by atoms with Crippen molar-refractivity contribution < 1.29 is 14.6 Å². The lowest BCUT2D eigenvalue weighted by Crippen LogP contribution is -2.42. The van der Waals surface area contributed by atoms with Crippen molar-refractivity contribution in [2.75, 3.05) is 13.7 Å². The molecular formula is C22H23NO3. The molecule has 0 saturated carbocycles. The first-order valence-electron chi connectivity index (χ1n) is 8.68. The monoisotopic (exact) mass is 349 g/mol. The third-order valence-corrected chi connectivity index (χ3v) is 4.47. The van der Waals surface area contributed by atoms with Crippen molar-refractivity contribution in [1.82, 2.24) is 5.32 Å². The topological polar surface area (TPSA) is 58.6 Å². The second-order valence-corrected chi connectivity index (χ2v) is 6.26. The number of benzene rings is 3. The molecule has 0 aliphatic heterocycles. The molecule has 1 amide bonds. The summed E-state index contributed by atoms with van der Waals surface area (Å²) in [5.41, 5.74) is 1.88. The van der Waals surface area contributed by atoms with E-state index in [-0.39, 0.29) is 18.6 Å². The molecule has 0 bridgehead atoms. The van der Waals surface area contributed by atoms with Crippen LogP contribution in [0, 0.1) is 0 Å². The molecule has 4 nitrogen and oxygen atoms in total. The van der Waals surface area contributed by atoms with Crippen LogP contribution in [0.1, 0.15) is 17.2 Å². The molecule has 0 radical (unpaired) electrons. The Morgan fingerprint density at radius 2 is 1.69 bits per heavy atom. The van der Waals surface area contributed by atoms with Crippen molar-refractivity contribution in [3.05, 3.63) is 83.9 Å². The number of hydrogen-bond acceptors (Lipinski definition) is 3. The quantitative estimate of drug-likeness (QED) is 0.688. The Hall–Kier alpha value is -2.69. The van der Waals surface area contributed by atoms with Gasteiger partial charge in [-0.3, -0.25) is 4.79 Å². The molecule has 0 aliphatic carbocycles. The van der Waals surface area contributed by atoms with Gasteiger partial charge in [0.2, 0.25) is 0 Å². The van der Waals surface area contributed by atoms with Crippen molar-refractivity contribution in [2.24, 2.45) is 0 Å². The highest BCUT2D eigenvalue weighted by Gasteiger charge is 2.24. The Kier molecular flexibility index (Phi) is 6.00. The third kappa shape index (κ3) is 4.10. The van der Waals surface area contributed by atoms with Crippen LogP contribution >= 0.6 is 0 Å². The molecule has 0 fully saturated rings. The minimum Gasteiger partial charge on any atom is -0.394 e. The molecule has 3 rings (SSSR count). The molecule has 3 aromatic rings. The normalized spacial score (nSPS) is 13.3. The van der Waals surface area contributed by atoms with Crippen molar-refractivity contribution >= 4 is 16.7 Å². The molecule has 1 unspecified atom stereocenters. The minimum absolute atomic E-state index is 0.132. The zero-order valence-corrected chi connectivity index (χ0v) is 14.8. The van der Waals surface area contributed by atoms with Crippen LogP contribution in [-0.4, -0.2) is 30.8 Å². The van der Waals surface area contributed by atoms with E-state index in [4.69, 9.17) is 4.74 Å². The highest BCUT2D eigenvalue weighted by Crippen LogP contribution is 2.26. The molecular weight excluding hydrogens is 326 g/mol. The van der Waals surface area contributed by atoms with E-state index in [0.29, 0.717) is 6.42 Å². The summed E-state index contributed by atoms with van der Waals surface area (Å²) in [6.07, 6.45) is -0.166. The number of aliphatic hydroxyl groups is 1. The predicted molar refractivity (Wildman–Crippen MR) is 103 cm³/mol. The Balaban J connectivity index is 1.79. The molecule has 134 valence electrons. The summed E-state index contributed by atoms with van der Waals surface area (Å²) in [4.78, 5) is 12.8. The SMILES string of the molecule is COC(C(=O)N[C@H](CO)Cc1ccccc1)c1cccc2ccccc12. The Labute approximate surface area is 153 Å². The van der Waals surface area contributed by atoms with Crippen LogP contribution in [0.2, 0.25) is 0 Å². The third-order valence-electron chi connectivity index (χ3n) is 4.47. The molecule has 0 spiro atoms. The number of rotatable bonds is 7. The number of ether oxygens (including phenoxy) is 1. The second-order valence-electron chi connectivity index (χ2n) is 6.26. The molecule has 26 heavy (non-hydrogen) atoms. The predicted octanol–water partition coefficient (Wildman–Crippen LogP) is 3.25. The van der Waals surface area contributed by atoms with Crippen LogP contribution in [0.3, 0.4) is 0 Å². The van der Waals surface area contributed by atoms with Gasteiger partial charge in [-0.25, -0.2) is 0 Å². The zero-order chi connectivity index (χ0) is 18.4. The molecule has 0 heterocycles. The van der Waals surface area contributed by atoms with Gasteiger partial charge in [0.15, 0.2) is 6.10 Å². The molecule has 4 heteroatoms. The van der Waals surface area contributed by atoms with E-state index in [9.17, 15) is 9.90 Å². The van der Waals surface area contributed by atoms with E-state index in [1.807, 2.05) is 72.8 Å². The number of carbonyl (C=O) groups is 1. The number of carbonyl (C=O) groups excluding carboxylic acids is 1. The van der Waals surface area contributed by atoms with Crippen LogP contribution < -0.4 is 5.32 Å². The summed E-state index contributed by atoms with van der Waals surface area (Å²) in [7, 11) is 1.52. The Morgan fingerprint density at radius 1 is 1.00 bits per heavy atom. The number of fused-ring (bicyclic) bond motifs is 1. The first-order chi connectivity index (χ1) is 12.7. The van der Waals surface area contributed by atoms with Crippen LogP contribution in [0.5, 0.6) is 0 Å². The Morgan fingerprint density at radius 3 is 2.42 bits per heavy atom. The van der Waals surface area contributed by atoms with Crippen LogP contribution in [0.25, 0.3) is 10.8 Å². The van der Waals surface area contributed by atoms with Gasteiger partial charge in [0.1, 0.15) is 0 Å². The fourth-order valence-corrected chi connectivity index (χ4v) is 3.19. The molecule has 0 aliphatic rings. The lowest BCUT2D eigenvalue weighted by molar-refractivity contribution is -0.132. The van der Waals surface area contributed by atoms with E-state index in [0.717, 1.165) is 21.9 Å². The van der Waals surface area contributed by atoms with E-state index < -0.39 is 6.10 Å². The maximum absolute atomic E-state index is 12.8. The van der Waals surface area contributed by atoms with Crippen LogP contribution in [0.4, 0.5) is 0 Å². The molecule has 0 saturated heterocycles. The lowest BCUT2D eigenvalue weighted by atomic mass is 9.99. The highest BCUT2D eigenvalue weighted by atomic mass is 16.5. The summed E-state index contributed by atoms with van der Waals surface area (Å²) in [5.74, 6) is -0.251. The molecule has 2 N–H and O–H groups in total. The van der Waals surface area contributed by atoms with Crippen molar-refractivity contribution in [3.8, 4) is 0 Å². The maximum atomic E-state index is 12.8. The summed E-state index contributed by atoms with van der Waals surface area (Å²) in [5, 5.41) is 14.6. The van der Waals surface area contributed by atoms with Gasteiger partial charge in [-0.1, -0.05) is 72.8 Å². The summed E-state index contributed by atoms with van der Waals surface area (Å²) >= 11 is 0. The van der Waals surface area contributed by atoms with Gasteiger partial charge in [0.25, 0.3) is 5.91 Å². The van der Waals surface area contributed by atoms with Gasteiger partial charge < -0.3 is 15.2 Å². The summed E-state index contributed by atoms with van der Waals surface area (Å²) in [6, 6.07) is 23.2.